The second-order valence-electron chi connectivity index (χ2n) is 12.6. The number of hydrogen-bond donors (Lipinski definition) is 2. The van der Waals surface area contributed by atoms with Crippen LogP contribution < -0.4 is 10.6 Å². The third-order valence-corrected chi connectivity index (χ3v) is 9.15. The number of carbonyl (C=O) groups is 1. The molecule has 38 heavy (non-hydrogen) atoms. The first-order valence-corrected chi connectivity index (χ1v) is 14.1. The summed E-state index contributed by atoms with van der Waals surface area (Å²) in [7, 11) is 1.98. The van der Waals surface area contributed by atoms with E-state index in [-0.39, 0.29) is 16.7 Å². The van der Waals surface area contributed by atoms with E-state index >= 15 is 0 Å². The Morgan fingerprint density at radius 1 is 1.18 bits per heavy atom. The molecule has 8 nitrogen and oxygen atoms in total. The molecule has 6 rings (SSSR count). The lowest BCUT2D eigenvalue weighted by Crippen LogP contribution is -2.43. The van der Waals surface area contributed by atoms with E-state index in [0.29, 0.717) is 17.3 Å². The van der Waals surface area contributed by atoms with Crippen LogP contribution in [0.3, 0.4) is 0 Å². The summed E-state index contributed by atoms with van der Waals surface area (Å²) in [5.74, 6) is 2.15. The molecule has 0 spiro atoms. The van der Waals surface area contributed by atoms with Crippen molar-refractivity contribution in [3.8, 4) is 0 Å². The molecule has 0 bridgehead atoms. The summed E-state index contributed by atoms with van der Waals surface area (Å²) in [5, 5.41) is 15.3. The van der Waals surface area contributed by atoms with Crippen molar-refractivity contribution in [2.45, 2.75) is 83.1 Å². The van der Waals surface area contributed by atoms with Gasteiger partial charge in [-0.2, -0.15) is 0 Å². The van der Waals surface area contributed by atoms with Crippen LogP contribution in [0.25, 0.3) is 0 Å². The number of amides is 1. The number of aromatic nitrogens is 5. The monoisotopic (exact) mass is 513 g/mol. The van der Waals surface area contributed by atoms with Crippen molar-refractivity contribution in [3.63, 3.8) is 0 Å². The number of anilines is 1. The highest BCUT2D eigenvalue weighted by Crippen LogP contribution is 2.51. The Morgan fingerprint density at radius 3 is 2.68 bits per heavy atom. The average molecular weight is 514 g/mol. The van der Waals surface area contributed by atoms with Gasteiger partial charge in [0, 0.05) is 25.2 Å². The molecule has 200 valence electrons. The molecule has 2 N–H and O–H groups in total. The van der Waals surface area contributed by atoms with Gasteiger partial charge in [-0.05, 0) is 85.7 Å². The fraction of sp³-hybridized carbons (Fsp3) is 0.567. The van der Waals surface area contributed by atoms with Crippen LogP contribution in [0.1, 0.15) is 98.0 Å². The maximum atomic E-state index is 13.5. The molecule has 3 aliphatic rings. The summed E-state index contributed by atoms with van der Waals surface area (Å²) < 4.78 is 1.99. The van der Waals surface area contributed by atoms with Crippen molar-refractivity contribution in [1.82, 2.24) is 30.0 Å². The Balaban J connectivity index is 1.25. The Hall–Kier alpha value is -3.13. The molecule has 1 amide bonds. The number of aryl methyl sites for hydroxylation is 1. The van der Waals surface area contributed by atoms with Gasteiger partial charge < -0.3 is 15.2 Å². The minimum absolute atomic E-state index is 0.0286. The van der Waals surface area contributed by atoms with E-state index in [1.807, 2.05) is 29.9 Å². The Bertz CT molecular complexity index is 1350. The molecular weight excluding hydrogens is 474 g/mol. The van der Waals surface area contributed by atoms with Crippen molar-refractivity contribution in [1.29, 1.82) is 0 Å². The van der Waals surface area contributed by atoms with Crippen molar-refractivity contribution >= 4 is 11.6 Å². The topological polar surface area (TPSA) is 97.6 Å². The first-order valence-electron chi connectivity index (χ1n) is 14.1. The highest BCUT2D eigenvalue weighted by atomic mass is 16.1. The van der Waals surface area contributed by atoms with E-state index in [9.17, 15) is 4.79 Å². The fourth-order valence-corrected chi connectivity index (χ4v) is 6.76. The average Bonchev–Trinajstić information content (AvgIpc) is 3.41. The summed E-state index contributed by atoms with van der Waals surface area (Å²) in [6.45, 7) is 8.56. The summed E-state index contributed by atoms with van der Waals surface area (Å²) in [6, 6.07) is 4.04. The Labute approximate surface area is 225 Å². The molecule has 3 heterocycles. The Morgan fingerprint density at radius 2 is 2.00 bits per heavy atom. The first kappa shape index (κ1) is 25.2. The van der Waals surface area contributed by atoms with E-state index in [4.69, 9.17) is 4.98 Å². The van der Waals surface area contributed by atoms with Crippen molar-refractivity contribution in [2.75, 3.05) is 11.9 Å². The van der Waals surface area contributed by atoms with E-state index in [1.54, 1.807) is 12.5 Å². The molecule has 3 aromatic rings. The molecule has 0 atom stereocenters. The van der Waals surface area contributed by atoms with Crippen LogP contribution in [0.4, 0.5) is 5.69 Å². The SMILES string of the molecule is CC1CC(c2cncc(NC(=O)c3cc(CNCC4CCC4)c4c(n3)C(C)(C)CC4)c2)(c2nncn2C)C1. The summed E-state index contributed by atoms with van der Waals surface area (Å²) in [5.41, 5.74) is 5.56. The van der Waals surface area contributed by atoms with Gasteiger partial charge in [-0.25, -0.2) is 4.98 Å². The van der Waals surface area contributed by atoms with Crippen molar-refractivity contribution < 1.29 is 4.79 Å². The van der Waals surface area contributed by atoms with Crippen LogP contribution in [0, 0.1) is 11.8 Å². The molecule has 0 radical (unpaired) electrons. The van der Waals surface area contributed by atoms with Gasteiger partial charge in [-0.3, -0.25) is 9.78 Å². The van der Waals surface area contributed by atoms with Crippen molar-refractivity contribution in [2.24, 2.45) is 18.9 Å². The number of rotatable bonds is 8. The molecule has 0 aromatic carbocycles. The largest absolute Gasteiger partial charge is 0.320 e. The molecule has 2 saturated carbocycles. The molecular formula is C30H39N7O. The van der Waals surface area contributed by atoms with Gasteiger partial charge in [0.05, 0.1) is 23.0 Å². The van der Waals surface area contributed by atoms with E-state index in [2.05, 4.69) is 46.6 Å². The lowest BCUT2D eigenvalue weighted by molar-refractivity contribution is 0.102. The smallest absolute Gasteiger partial charge is 0.274 e. The minimum Gasteiger partial charge on any atom is -0.320 e. The van der Waals surface area contributed by atoms with Gasteiger partial charge in [0.25, 0.3) is 5.91 Å². The third kappa shape index (κ3) is 4.42. The zero-order chi connectivity index (χ0) is 26.5. The van der Waals surface area contributed by atoms with E-state index < -0.39 is 0 Å². The molecule has 2 fully saturated rings. The first-order chi connectivity index (χ1) is 18.2. The molecule has 0 unspecified atom stereocenters. The number of hydrogen-bond acceptors (Lipinski definition) is 6. The second-order valence-corrected chi connectivity index (χ2v) is 12.6. The molecule has 3 aromatic heterocycles. The lowest BCUT2D eigenvalue weighted by Gasteiger charge is -2.45. The number of pyridine rings is 2. The van der Waals surface area contributed by atoms with Gasteiger partial charge in [-0.15, -0.1) is 10.2 Å². The van der Waals surface area contributed by atoms with Crippen LogP contribution in [0.5, 0.6) is 0 Å². The van der Waals surface area contributed by atoms with Gasteiger partial charge in [0.2, 0.25) is 0 Å². The van der Waals surface area contributed by atoms with Crippen LogP contribution in [0.2, 0.25) is 0 Å². The van der Waals surface area contributed by atoms with E-state index in [1.165, 1.54) is 30.4 Å². The van der Waals surface area contributed by atoms with E-state index in [0.717, 1.165) is 61.8 Å². The number of fused-ring (bicyclic) bond motifs is 1. The molecule has 3 aliphatic carbocycles. The summed E-state index contributed by atoms with van der Waals surface area (Å²) in [4.78, 5) is 23.0. The van der Waals surface area contributed by atoms with Gasteiger partial charge in [0.15, 0.2) is 0 Å². The maximum absolute atomic E-state index is 13.5. The second kappa shape index (κ2) is 9.56. The highest BCUT2D eigenvalue weighted by Gasteiger charge is 2.48. The highest BCUT2D eigenvalue weighted by molar-refractivity contribution is 6.03. The predicted octanol–water partition coefficient (Wildman–Crippen LogP) is 4.69. The normalized spacial score (nSPS) is 23.9. The van der Waals surface area contributed by atoms with Crippen LogP contribution in [-0.4, -0.2) is 37.2 Å². The Kier molecular flexibility index (Phi) is 6.33. The van der Waals surface area contributed by atoms with Gasteiger partial charge >= 0.3 is 0 Å². The lowest BCUT2D eigenvalue weighted by atomic mass is 9.59. The minimum atomic E-state index is -0.229. The summed E-state index contributed by atoms with van der Waals surface area (Å²) >= 11 is 0. The van der Waals surface area contributed by atoms with Crippen LogP contribution in [-0.2, 0) is 30.8 Å². The summed E-state index contributed by atoms with van der Waals surface area (Å²) in [6.07, 6.45) is 13.4. The maximum Gasteiger partial charge on any atom is 0.274 e. The zero-order valence-corrected chi connectivity index (χ0v) is 23.0. The number of nitrogens with one attached hydrogen (secondary N) is 2. The van der Waals surface area contributed by atoms with Gasteiger partial charge in [-0.1, -0.05) is 27.2 Å². The van der Waals surface area contributed by atoms with Crippen LogP contribution in [0.15, 0.2) is 30.9 Å². The molecule has 0 aliphatic heterocycles. The zero-order valence-electron chi connectivity index (χ0n) is 23.0. The quantitative estimate of drug-likeness (QED) is 0.454. The third-order valence-electron chi connectivity index (χ3n) is 9.15. The van der Waals surface area contributed by atoms with Crippen molar-refractivity contribution in [3.05, 3.63) is 64.8 Å². The molecule has 8 heteroatoms. The van der Waals surface area contributed by atoms with Crippen LogP contribution >= 0.6 is 0 Å². The standard InChI is InChI=1S/C30H39N7O/c1-19-12-30(13-19,28-36-33-18-37(28)4)22-11-23(17-32-16-22)34-27(38)25-10-21(15-31-14-20-6-5-7-20)24-8-9-29(2,3)26(24)35-25/h10-11,16-20,31H,5-9,12-15H2,1-4H3,(H,34,38). The number of nitrogens with zero attached hydrogens (tertiary/aromatic N) is 5. The number of carbonyl (C=O) groups excluding carboxylic acids is 1. The van der Waals surface area contributed by atoms with Gasteiger partial charge in [0.1, 0.15) is 17.8 Å². The predicted molar refractivity (Wildman–Crippen MR) is 147 cm³/mol. The fourth-order valence-electron chi connectivity index (χ4n) is 6.76. The molecule has 0 saturated heterocycles.